The molecule has 0 radical (unpaired) electrons. The minimum Gasteiger partial charge on any atom is -0.491 e. The largest absolute Gasteiger partial charge is 0.491 e. The van der Waals surface area contributed by atoms with Crippen LogP contribution in [-0.2, 0) is 4.79 Å². The van der Waals surface area contributed by atoms with Crippen LogP contribution in [0.1, 0.15) is 40.0 Å². The van der Waals surface area contributed by atoms with Gasteiger partial charge < -0.3 is 15.0 Å². The van der Waals surface area contributed by atoms with Crippen molar-refractivity contribution >= 4 is 11.6 Å². The number of carbonyl (C=O) groups is 1. The van der Waals surface area contributed by atoms with Crippen molar-refractivity contribution in [3.63, 3.8) is 0 Å². The van der Waals surface area contributed by atoms with Gasteiger partial charge in [-0.2, -0.15) is 0 Å². The highest BCUT2D eigenvalue weighted by Crippen LogP contribution is 2.16. The van der Waals surface area contributed by atoms with E-state index in [1.54, 1.807) is 0 Å². The molecule has 0 saturated heterocycles. The van der Waals surface area contributed by atoms with Crippen LogP contribution in [0.3, 0.4) is 0 Å². The number of unbranched alkanes of at least 4 members (excludes halogenated alkanes) is 1. The van der Waals surface area contributed by atoms with Crippen LogP contribution in [0, 0.1) is 0 Å². The molecule has 118 valence electrons. The van der Waals surface area contributed by atoms with E-state index < -0.39 is 0 Å². The number of hydrogen-bond donors (Lipinski definition) is 1. The number of benzene rings is 1. The lowest BCUT2D eigenvalue weighted by molar-refractivity contribution is -0.129. The van der Waals surface area contributed by atoms with E-state index >= 15 is 0 Å². The Balaban J connectivity index is 2.30. The maximum absolute atomic E-state index is 11.9. The molecule has 1 rings (SSSR count). The van der Waals surface area contributed by atoms with Crippen molar-refractivity contribution in [1.82, 2.24) is 4.90 Å². The van der Waals surface area contributed by atoms with Crippen LogP contribution in [0.4, 0.5) is 5.69 Å². The zero-order chi connectivity index (χ0) is 15.7. The van der Waals surface area contributed by atoms with Gasteiger partial charge in [0.2, 0.25) is 5.91 Å². The minimum atomic E-state index is 0.181. The number of amides is 1. The molecule has 4 nitrogen and oxygen atoms in total. The van der Waals surface area contributed by atoms with Crippen molar-refractivity contribution in [2.24, 2.45) is 0 Å². The van der Waals surface area contributed by atoms with E-state index in [-0.39, 0.29) is 12.0 Å². The molecule has 0 fully saturated rings. The topological polar surface area (TPSA) is 41.6 Å². The lowest BCUT2D eigenvalue weighted by Crippen LogP contribution is -2.29. The molecule has 0 atom stereocenters. The first-order valence-electron chi connectivity index (χ1n) is 7.77. The van der Waals surface area contributed by atoms with E-state index in [2.05, 4.69) is 12.2 Å². The van der Waals surface area contributed by atoms with Gasteiger partial charge in [-0.05, 0) is 44.5 Å². The highest BCUT2D eigenvalue weighted by molar-refractivity contribution is 5.76. The fraction of sp³-hybridized carbons (Fsp3) is 0.588. The third kappa shape index (κ3) is 7.02. The van der Waals surface area contributed by atoms with Gasteiger partial charge in [0.15, 0.2) is 0 Å². The summed E-state index contributed by atoms with van der Waals surface area (Å²) in [5, 5.41) is 3.26. The predicted octanol–water partition coefficient (Wildman–Crippen LogP) is 3.53. The lowest BCUT2D eigenvalue weighted by atomic mass is 10.2. The van der Waals surface area contributed by atoms with Crippen LogP contribution in [0.25, 0.3) is 0 Å². The average Bonchev–Trinajstić information content (AvgIpc) is 2.45. The quantitative estimate of drug-likeness (QED) is 0.757. The third-order valence-electron chi connectivity index (χ3n) is 3.17. The molecule has 0 bridgehead atoms. The summed E-state index contributed by atoms with van der Waals surface area (Å²) in [7, 11) is 1.87. The zero-order valence-electron chi connectivity index (χ0n) is 13.7. The number of hydrogen-bond acceptors (Lipinski definition) is 3. The number of rotatable bonds is 9. The maximum atomic E-state index is 11.9. The molecule has 0 saturated carbocycles. The zero-order valence-corrected chi connectivity index (χ0v) is 13.7. The van der Waals surface area contributed by atoms with Crippen molar-refractivity contribution in [3.05, 3.63) is 24.3 Å². The first-order valence-corrected chi connectivity index (χ1v) is 7.77. The van der Waals surface area contributed by atoms with Gasteiger partial charge in [0, 0.05) is 32.2 Å². The van der Waals surface area contributed by atoms with E-state index in [1.165, 1.54) is 0 Å². The van der Waals surface area contributed by atoms with Crippen molar-refractivity contribution in [2.75, 3.05) is 25.5 Å². The Morgan fingerprint density at radius 3 is 2.52 bits per heavy atom. The Morgan fingerprint density at radius 1 is 1.29 bits per heavy atom. The summed E-state index contributed by atoms with van der Waals surface area (Å²) in [4.78, 5) is 13.7. The van der Waals surface area contributed by atoms with Crippen molar-refractivity contribution in [1.29, 1.82) is 0 Å². The van der Waals surface area contributed by atoms with E-state index in [1.807, 2.05) is 50.1 Å². The van der Waals surface area contributed by atoms with Gasteiger partial charge in [-0.1, -0.05) is 13.3 Å². The standard InChI is InChI=1S/C17H28N2O2/c1-5-6-13-19(4)17(20)11-12-18-15-7-9-16(10-8-15)21-14(2)3/h7-10,14,18H,5-6,11-13H2,1-4H3. The van der Waals surface area contributed by atoms with Crippen LogP contribution in [0.5, 0.6) is 5.75 Å². The number of anilines is 1. The van der Waals surface area contributed by atoms with E-state index in [4.69, 9.17) is 4.74 Å². The van der Waals surface area contributed by atoms with Gasteiger partial charge in [-0.25, -0.2) is 0 Å². The Bertz CT molecular complexity index is 415. The van der Waals surface area contributed by atoms with Gasteiger partial charge >= 0.3 is 0 Å². The molecule has 0 heterocycles. The SMILES string of the molecule is CCCCN(C)C(=O)CCNc1ccc(OC(C)C)cc1. The van der Waals surface area contributed by atoms with Crippen LogP contribution in [0.15, 0.2) is 24.3 Å². The second-order valence-corrected chi connectivity index (χ2v) is 5.54. The van der Waals surface area contributed by atoms with E-state index in [0.717, 1.165) is 30.8 Å². The monoisotopic (exact) mass is 292 g/mol. The average molecular weight is 292 g/mol. The van der Waals surface area contributed by atoms with Gasteiger partial charge in [0.25, 0.3) is 0 Å². The summed E-state index contributed by atoms with van der Waals surface area (Å²) in [5.74, 6) is 1.06. The molecule has 1 amide bonds. The second-order valence-electron chi connectivity index (χ2n) is 5.54. The number of carbonyl (C=O) groups excluding carboxylic acids is 1. The first-order chi connectivity index (χ1) is 10.0. The Hall–Kier alpha value is -1.71. The predicted molar refractivity (Wildman–Crippen MR) is 87.9 cm³/mol. The van der Waals surface area contributed by atoms with Gasteiger partial charge in [0.1, 0.15) is 5.75 Å². The molecule has 0 aliphatic carbocycles. The summed E-state index contributed by atoms with van der Waals surface area (Å²) in [5.41, 5.74) is 1.01. The summed E-state index contributed by atoms with van der Waals surface area (Å²) in [6.07, 6.45) is 2.87. The van der Waals surface area contributed by atoms with Crippen molar-refractivity contribution in [2.45, 2.75) is 46.1 Å². The normalized spacial score (nSPS) is 10.5. The highest BCUT2D eigenvalue weighted by atomic mass is 16.5. The summed E-state index contributed by atoms with van der Waals surface area (Å²) in [6.45, 7) is 7.64. The molecular weight excluding hydrogens is 264 g/mol. The molecule has 4 heteroatoms. The second kappa shape index (κ2) is 9.27. The molecule has 1 aromatic carbocycles. The summed E-state index contributed by atoms with van der Waals surface area (Å²) < 4.78 is 5.59. The molecule has 1 N–H and O–H groups in total. The molecule has 0 unspecified atom stereocenters. The van der Waals surface area contributed by atoms with Crippen LogP contribution < -0.4 is 10.1 Å². The Labute approximate surface area is 128 Å². The number of nitrogens with one attached hydrogen (secondary N) is 1. The van der Waals surface area contributed by atoms with Crippen LogP contribution >= 0.6 is 0 Å². The number of nitrogens with zero attached hydrogens (tertiary/aromatic N) is 1. The maximum Gasteiger partial charge on any atom is 0.224 e. The van der Waals surface area contributed by atoms with Gasteiger partial charge in [0.05, 0.1) is 6.10 Å². The summed E-state index contributed by atoms with van der Waals surface area (Å²) >= 11 is 0. The minimum absolute atomic E-state index is 0.181. The molecular formula is C17H28N2O2. The first kappa shape index (κ1) is 17.3. The smallest absolute Gasteiger partial charge is 0.224 e. The van der Waals surface area contributed by atoms with Crippen molar-refractivity contribution in [3.8, 4) is 5.75 Å². The van der Waals surface area contributed by atoms with Crippen LogP contribution in [-0.4, -0.2) is 37.0 Å². The molecule has 0 aromatic heterocycles. The third-order valence-corrected chi connectivity index (χ3v) is 3.17. The lowest BCUT2D eigenvalue weighted by Gasteiger charge is -2.17. The molecule has 0 aliphatic rings. The van der Waals surface area contributed by atoms with Gasteiger partial charge in [-0.15, -0.1) is 0 Å². The fourth-order valence-corrected chi connectivity index (χ4v) is 1.95. The van der Waals surface area contributed by atoms with Crippen molar-refractivity contribution < 1.29 is 9.53 Å². The Kier molecular flexibility index (Phi) is 7.65. The molecule has 0 spiro atoms. The molecule has 1 aromatic rings. The molecule has 21 heavy (non-hydrogen) atoms. The molecule has 0 aliphatic heterocycles. The highest BCUT2D eigenvalue weighted by Gasteiger charge is 2.07. The van der Waals surface area contributed by atoms with E-state index in [9.17, 15) is 4.79 Å². The fourth-order valence-electron chi connectivity index (χ4n) is 1.95. The summed E-state index contributed by atoms with van der Waals surface area (Å²) in [6, 6.07) is 7.83. The van der Waals surface area contributed by atoms with E-state index in [0.29, 0.717) is 13.0 Å². The van der Waals surface area contributed by atoms with Gasteiger partial charge in [-0.3, -0.25) is 4.79 Å². The Morgan fingerprint density at radius 2 is 1.95 bits per heavy atom. The van der Waals surface area contributed by atoms with Crippen LogP contribution in [0.2, 0.25) is 0 Å². The number of ether oxygens (including phenoxy) is 1.